The van der Waals surface area contributed by atoms with E-state index < -0.39 is 0 Å². The Labute approximate surface area is 187 Å². The molecule has 0 unspecified atom stereocenters. The summed E-state index contributed by atoms with van der Waals surface area (Å²) >= 11 is 6.15. The molecule has 6 heteroatoms. The van der Waals surface area contributed by atoms with Crippen molar-refractivity contribution in [2.24, 2.45) is 0 Å². The lowest BCUT2D eigenvalue weighted by molar-refractivity contribution is -0.115. The minimum atomic E-state index is -0.197. The van der Waals surface area contributed by atoms with E-state index in [-0.39, 0.29) is 23.8 Å². The second kappa shape index (κ2) is 8.44. The number of nitrogens with one attached hydrogen (secondary N) is 2. The van der Waals surface area contributed by atoms with E-state index in [0.717, 1.165) is 11.4 Å². The van der Waals surface area contributed by atoms with Crippen LogP contribution in [0.25, 0.3) is 0 Å². The topological polar surface area (TPSA) is 61.4 Å². The molecule has 158 valence electrons. The zero-order valence-corrected chi connectivity index (χ0v) is 18.2. The lowest BCUT2D eigenvalue weighted by Crippen LogP contribution is -2.50. The number of hydrogen-bond acceptors (Lipinski definition) is 4. The zero-order chi connectivity index (χ0) is 22.0. The third-order valence-electron chi connectivity index (χ3n) is 5.17. The summed E-state index contributed by atoms with van der Waals surface area (Å²) < 4.78 is 0. The first-order valence-corrected chi connectivity index (χ1v) is 10.5. The van der Waals surface area contributed by atoms with Crippen LogP contribution in [-0.2, 0) is 4.79 Å². The van der Waals surface area contributed by atoms with E-state index in [0.29, 0.717) is 28.4 Å². The molecule has 4 rings (SSSR count). The maximum atomic E-state index is 13.0. The number of benzene rings is 3. The number of carbonyl (C=O) groups excluding carboxylic acids is 2. The van der Waals surface area contributed by atoms with Crippen LogP contribution in [0.2, 0.25) is 5.02 Å². The van der Waals surface area contributed by atoms with Crippen LogP contribution in [0, 0.1) is 0 Å². The van der Waals surface area contributed by atoms with E-state index in [1.54, 1.807) is 42.5 Å². The molecule has 3 aromatic carbocycles. The molecule has 1 aliphatic heterocycles. The summed E-state index contributed by atoms with van der Waals surface area (Å²) in [6, 6.07) is 21.8. The summed E-state index contributed by atoms with van der Waals surface area (Å²) in [5.74, 6) is -0.385. The fourth-order valence-corrected chi connectivity index (χ4v) is 4.06. The number of amides is 1. The van der Waals surface area contributed by atoms with Crippen molar-refractivity contribution in [3.8, 4) is 0 Å². The first-order valence-electron chi connectivity index (χ1n) is 10.1. The molecule has 31 heavy (non-hydrogen) atoms. The van der Waals surface area contributed by atoms with Crippen LogP contribution in [0.4, 0.5) is 17.1 Å². The van der Waals surface area contributed by atoms with Crippen molar-refractivity contribution in [1.29, 1.82) is 0 Å². The van der Waals surface area contributed by atoms with Gasteiger partial charge in [-0.2, -0.15) is 0 Å². The number of halogens is 1. The Kier molecular flexibility index (Phi) is 5.70. The SMILES string of the molecule is CC1(C)CN(CC(=O)Nc2ccc(Cl)cc2C(=O)c2ccccc2)c2ccccc2N1. The molecule has 0 saturated heterocycles. The number of hydrogen-bond donors (Lipinski definition) is 2. The largest absolute Gasteiger partial charge is 0.377 e. The van der Waals surface area contributed by atoms with Gasteiger partial charge in [-0.1, -0.05) is 54.1 Å². The van der Waals surface area contributed by atoms with Crippen LogP contribution < -0.4 is 15.5 Å². The van der Waals surface area contributed by atoms with Gasteiger partial charge in [0.15, 0.2) is 5.78 Å². The van der Waals surface area contributed by atoms with Crippen LogP contribution in [-0.4, -0.2) is 30.3 Å². The first kappa shape index (κ1) is 20.9. The van der Waals surface area contributed by atoms with Crippen LogP contribution >= 0.6 is 11.6 Å². The van der Waals surface area contributed by atoms with Crippen molar-refractivity contribution >= 4 is 40.4 Å². The molecule has 1 heterocycles. The Hall–Kier alpha value is -3.31. The molecule has 0 fully saturated rings. The standard InChI is InChI=1S/C25H24ClN3O2/c1-25(2)16-29(22-11-7-6-10-21(22)28-25)15-23(30)27-20-13-12-18(26)14-19(20)24(31)17-8-4-3-5-9-17/h3-14,28H,15-16H2,1-2H3,(H,27,30). The highest BCUT2D eigenvalue weighted by Crippen LogP contribution is 2.34. The van der Waals surface area contributed by atoms with Gasteiger partial charge >= 0.3 is 0 Å². The molecule has 0 saturated carbocycles. The number of rotatable bonds is 5. The Morgan fingerprint density at radius 2 is 1.74 bits per heavy atom. The summed E-state index contributed by atoms with van der Waals surface area (Å²) in [7, 11) is 0. The predicted molar refractivity (Wildman–Crippen MR) is 126 cm³/mol. The van der Waals surface area contributed by atoms with Gasteiger partial charge in [-0.3, -0.25) is 9.59 Å². The molecule has 0 spiro atoms. The van der Waals surface area contributed by atoms with Crippen molar-refractivity contribution < 1.29 is 9.59 Å². The minimum Gasteiger partial charge on any atom is -0.377 e. The number of nitrogens with zero attached hydrogens (tertiary/aromatic N) is 1. The second-order valence-corrected chi connectivity index (χ2v) is 8.75. The van der Waals surface area contributed by atoms with Crippen LogP contribution in [0.1, 0.15) is 29.8 Å². The molecule has 1 amide bonds. The van der Waals surface area contributed by atoms with Gasteiger partial charge in [0.25, 0.3) is 0 Å². The zero-order valence-electron chi connectivity index (χ0n) is 17.5. The summed E-state index contributed by atoms with van der Waals surface area (Å²) in [6.45, 7) is 5.05. The Balaban J connectivity index is 1.57. The Morgan fingerprint density at radius 1 is 1.03 bits per heavy atom. The van der Waals surface area contributed by atoms with Gasteiger partial charge < -0.3 is 15.5 Å². The van der Waals surface area contributed by atoms with Crippen LogP contribution in [0.15, 0.2) is 72.8 Å². The van der Waals surface area contributed by atoms with Crippen LogP contribution in [0.3, 0.4) is 0 Å². The van der Waals surface area contributed by atoms with E-state index >= 15 is 0 Å². The maximum absolute atomic E-state index is 13.0. The number of carbonyl (C=O) groups is 2. The molecular weight excluding hydrogens is 410 g/mol. The van der Waals surface area contributed by atoms with Crippen molar-refractivity contribution in [2.45, 2.75) is 19.4 Å². The highest BCUT2D eigenvalue weighted by Gasteiger charge is 2.30. The van der Waals surface area contributed by atoms with E-state index in [1.807, 2.05) is 30.3 Å². The van der Waals surface area contributed by atoms with Crippen molar-refractivity contribution in [2.75, 3.05) is 28.6 Å². The molecule has 2 N–H and O–H groups in total. The smallest absolute Gasteiger partial charge is 0.243 e. The number of ketones is 1. The average Bonchev–Trinajstić information content (AvgIpc) is 2.74. The summed E-state index contributed by atoms with van der Waals surface area (Å²) in [4.78, 5) is 28.0. The second-order valence-electron chi connectivity index (χ2n) is 8.32. The highest BCUT2D eigenvalue weighted by molar-refractivity contribution is 6.31. The van der Waals surface area contributed by atoms with Crippen molar-refractivity contribution in [3.05, 3.63) is 88.9 Å². The van der Waals surface area contributed by atoms with Gasteiger partial charge in [-0.25, -0.2) is 0 Å². The molecular formula is C25H24ClN3O2. The summed E-state index contributed by atoms with van der Waals surface area (Å²) in [5, 5.41) is 6.86. The average molecular weight is 434 g/mol. The van der Waals surface area contributed by atoms with Gasteiger partial charge in [-0.05, 0) is 44.2 Å². The minimum absolute atomic E-state index is 0.170. The maximum Gasteiger partial charge on any atom is 0.243 e. The summed E-state index contributed by atoms with van der Waals surface area (Å²) in [6.07, 6.45) is 0. The molecule has 0 radical (unpaired) electrons. The lowest BCUT2D eigenvalue weighted by atomic mass is 9.99. The van der Waals surface area contributed by atoms with Gasteiger partial charge in [0.2, 0.25) is 5.91 Å². The lowest BCUT2D eigenvalue weighted by Gasteiger charge is -2.41. The molecule has 5 nitrogen and oxygen atoms in total. The van der Waals surface area contributed by atoms with E-state index in [9.17, 15) is 9.59 Å². The fourth-order valence-electron chi connectivity index (χ4n) is 3.88. The third kappa shape index (κ3) is 4.72. The number of fused-ring (bicyclic) bond motifs is 1. The molecule has 0 bridgehead atoms. The molecule has 0 aliphatic carbocycles. The molecule has 0 aromatic heterocycles. The van der Waals surface area contributed by atoms with E-state index in [2.05, 4.69) is 29.4 Å². The fraction of sp³-hybridized carbons (Fsp3) is 0.200. The third-order valence-corrected chi connectivity index (χ3v) is 5.41. The molecule has 0 atom stereocenters. The van der Waals surface area contributed by atoms with Gasteiger partial charge in [0.1, 0.15) is 0 Å². The molecule has 1 aliphatic rings. The quantitative estimate of drug-likeness (QED) is 0.541. The number of anilines is 3. The first-order chi connectivity index (χ1) is 14.8. The van der Waals surface area contributed by atoms with Crippen molar-refractivity contribution in [1.82, 2.24) is 0 Å². The Morgan fingerprint density at radius 3 is 2.52 bits per heavy atom. The highest BCUT2D eigenvalue weighted by atomic mass is 35.5. The number of para-hydroxylation sites is 2. The van der Waals surface area contributed by atoms with Crippen LogP contribution in [0.5, 0.6) is 0 Å². The van der Waals surface area contributed by atoms with E-state index in [4.69, 9.17) is 11.6 Å². The normalized spacial score (nSPS) is 14.4. The predicted octanol–water partition coefficient (Wildman–Crippen LogP) is 5.22. The monoisotopic (exact) mass is 433 g/mol. The van der Waals surface area contributed by atoms with Crippen molar-refractivity contribution in [3.63, 3.8) is 0 Å². The Bertz CT molecular complexity index is 1130. The van der Waals surface area contributed by atoms with E-state index in [1.165, 1.54) is 0 Å². The van der Waals surface area contributed by atoms with Gasteiger partial charge in [0, 0.05) is 28.2 Å². The molecule has 3 aromatic rings. The van der Waals surface area contributed by atoms with Gasteiger partial charge in [-0.15, -0.1) is 0 Å². The summed E-state index contributed by atoms with van der Waals surface area (Å²) in [5.41, 5.74) is 3.16. The van der Waals surface area contributed by atoms with Gasteiger partial charge in [0.05, 0.1) is 23.6 Å².